The third-order valence-corrected chi connectivity index (χ3v) is 2.31. The summed E-state index contributed by atoms with van der Waals surface area (Å²) < 4.78 is 50.8. The lowest BCUT2D eigenvalue weighted by Gasteiger charge is -2.18. The summed E-state index contributed by atoms with van der Waals surface area (Å²) in [6.07, 6.45) is -9.31. The molecule has 1 rings (SSSR count). The Bertz CT molecular complexity index is 430. The van der Waals surface area contributed by atoms with E-state index in [9.17, 15) is 18.0 Å². The molecule has 0 saturated carbocycles. The first-order valence-corrected chi connectivity index (χ1v) is 5.50. The smallest absolute Gasteiger partial charge is 0.497 e. The lowest BCUT2D eigenvalue weighted by molar-refractivity contribution is -0.221. The molecule has 0 bridgehead atoms. The van der Waals surface area contributed by atoms with E-state index in [4.69, 9.17) is 14.6 Å². The molecule has 1 aromatic carbocycles. The molecule has 0 saturated heterocycles. The maximum Gasteiger partial charge on any atom is 0.506 e. The highest BCUT2D eigenvalue weighted by Gasteiger charge is 2.43. The van der Waals surface area contributed by atoms with Crippen LogP contribution in [-0.2, 0) is 16.1 Å². The van der Waals surface area contributed by atoms with Crippen molar-refractivity contribution in [2.45, 2.75) is 18.9 Å². The average molecular weight is 294 g/mol. The molecule has 0 radical (unpaired) electrons. The van der Waals surface area contributed by atoms with Crippen LogP contribution in [0.1, 0.15) is 5.56 Å². The topological polar surface area (TPSA) is 65.0 Å². The Morgan fingerprint density at radius 1 is 1.30 bits per heavy atom. The molecule has 0 aliphatic rings. The molecule has 112 valence electrons. The van der Waals surface area contributed by atoms with Crippen molar-refractivity contribution in [1.82, 2.24) is 0 Å². The van der Waals surface area contributed by atoms with Crippen molar-refractivity contribution in [3.63, 3.8) is 0 Å². The zero-order chi connectivity index (χ0) is 15.2. The van der Waals surface area contributed by atoms with E-state index in [-0.39, 0.29) is 6.61 Å². The van der Waals surface area contributed by atoms with Gasteiger partial charge in [0.15, 0.2) is 0 Å². The SMILES string of the molecule is COc1ccc(COCC(OC(=O)O)C(F)(F)F)cc1. The van der Waals surface area contributed by atoms with E-state index in [0.717, 1.165) is 0 Å². The molecule has 0 aliphatic carbocycles. The van der Waals surface area contributed by atoms with E-state index < -0.39 is 25.0 Å². The third kappa shape index (κ3) is 5.35. The lowest BCUT2D eigenvalue weighted by atomic mass is 10.2. The van der Waals surface area contributed by atoms with Crippen LogP contribution in [-0.4, -0.2) is 37.3 Å². The number of ether oxygens (including phenoxy) is 3. The van der Waals surface area contributed by atoms with Gasteiger partial charge in [0.05, 0.1) is 20.3 Å². The minimum absolute atomic E-state index is 0.0977. The van der Waals surface area contributed by atoms with Crippen LogP contribution in [0.15, 0.2) is 24.3 Å². The van der Waals surface area contributed by atoms with Gasteiger partial charge < -0.3 is 19.3 Å². The molecule has 1 atom stereocenters. The quantitative estimate of drug-likeness (QED) is 0.817. The zero-order valence-electron chi connectivity index (χ0n) is 10.5. The molecule has 1 unspecified atom stereocenters. The summed E-state index contributed by atoms with van der Waals surface area (Å²) in [6.45, 7) is -0.999. The molecule has 8 heteroatoms. The Morgan fingerprint density at radius 3 is 2.35 bits per heavy atom. The Labute approximate surface area is 112 Å². The molecule has 1 N–H and O–H groups in total. The summed E-state index contributed by atoms with van der Waals surface area (Å²) in [6, 6.07) is 6.51. The Kier molecular flexibility index (Phi) is 5.63. The minimum atomic E-state index is -4.81. The number of carboxylic acid groups (broad SMARTS) is 1. The van der Waals surface area contributed by atoms with Crippen molar-refractivity contribution in [3.05, 3.63) is 29.8 Å². The Hall–Kier alpha value is -1.96. The number of benzene rings is 1. The van der Waals surface area contributed by atoms with Gasteiger partial charge in [0, 0.05) is 0 Å². The van der Waals surface area contributed by atoms with Crippen molar-refractivity contribution in [3.8, 4) is 5.75 Å². The Morgan fingerprint density at radius 2 is 1.90 bits per heavy atom. The van der Waals surface area contributed by atoms with Gasteiger partial charge in [-0.15, -0.1) is 0 Å². The predicted octanol–water partition coefficient (Wildman–Crippen LogP) is 2.84. The first-order chi connectivity index (χ1) is 9.32. The van der Waals surface area contributed by atoms with Crippen LogP contribution in [0.4, 0.5) is 18.0 Å². The van der Waals surface area contributed by atoms with E-state index >= 15 is 0 Å². The number of alkyl halides is 3. The van der Waals surface area contributed by atoms with E-state index in [1.165, 1.54) is 7.11 Å². The molecule has 0 spiro atoms. The van der Waals surface area contributed by atoms with Crippen LogP contribution in [0, 0.1) is 0 Å². The average Bonchev–Trinajstić information content (AvgIpc) is 2.37. The molecule has 0 fully saturated rings. The van der Waals surface area contributed by atoms with E-state index in [0.29, 0.717) is 11.3 Å². The van der Waals surface area contributed by atoms with Crippen molar-refractivity contribution in [1.29, 1.82) is 0 Å². The van der Waals surface area contributed by atoms with Gasteiger partial charge in [0.25, 0.3) is 0 Å². The van der Waals surface area contributed by atoms with E-state index in [1.54, 1.807) is 24.3 Å². The fourth-order valence-electron chi connectivity index (χ4n) is 1.32. The molecule has 0 amide bonds. The van der Waals surface area contributed by atoms with Gasteiger partial charge in [-0.1, -0.05) is 12.1 Å². The number of hydrogen-bond acceptors (Lipinski definition) is 4. The van der Waals surface area contributed by atoms with Gasteiger partial charge in [-0.3, -0.25) is 0 Å². The minimum Gasteiger partial charge on any atom is -0.497 e. The highest BCUT2D eigenvalue weighted by atomic mass is 19.4. The first kappa shape index (κ1) is 16.1. The summed E-state index contributed by atoms with van der Waals surface area (Å²) in [7, 11) is 1.49. The maximum atomic E-state index is 12.4. The highest BCUT2D eigenvalue weighted by Crippen LogP contribution is 2.23. The second-order valence-corrected chi connectivity index (χ2v) is 3.78. The van der Waals surface area contributed by atoms with Gasteiger partial charge in [-0.25, -0.2) is 4.79 Å². The molecular weight excluding hydrogens is 281 g/mol. The van der Waals surface area contributed by atoms with Crippen LogP contribution in [0.2, 0.25) is 0 Å². The molecule has 0 heterocycles. The summed E-state index contributed by atoms with van der Waals surface area (Å²) >= 11 is 0. The largest absolute Gasteiger partial charge is 0.506 e. The van der Waals surface area contributed by atoms with Gasteiger partial charge in [0.2, 0.25) is 6.10 Å². The van der Waals surface area contributed by atoms with Gasteiger partial charge in [-0.2, -0.15) is 13.2 Å². The van der Waals surface area contributed by atoms with Crippen LogP contribution in [0.3, 0.4) is 0 Å². The number of halogens is 3. The van der Waals surface area contributed by atoms with Gasteiger partial charge >= 0.3 is 12.3 Å². The number of hydrogen-bond donors (Lipinski definition) is 1. The van der Waals surface area contributed by atoms with Crippen molar-refractivity contribution in [2.75, 3.05) is 13.7 Å². The fourth-order valence-corrected chi connectivity index (χ4v) is 1.32. The molecule has 0 aromatic heterocycles. The number of carbonyl (C=O) groups is 1. The van der Waals surface area contributed by atoms with E-state index in [1.807, 2.05) is 0 Å². The molecule has 0 aliphatic heterocycles. The lowest BCUT2D eigenvalue weighted by Crippen LogP contribution is -2.37. The molecule has 1 aromatic rings. The summed E-state index contributed by atoms with van der Waals surface area (Å²) in [5.41, 5.74) is 0.627. The summed E-state index contributed by atoms with van der Waals surface area (Å²) in [5, 5.41) is 8.23. The first-order valence-electron chi connectivity index (χ1n) is 5.50. The van der Waals surface area contributed by atoms with Crippen LogP contribution < -0.4 is 4.74 Å². The van der Waals surface area contributed by atoms with Crippen LogP contribution in [0.25, 0.3) is 0 Å². The molecule has 20 heavy (non-hydrogen) atoms. The monoisotopic (exact) mass is 294 g/mol. The van der Waals surface area contributed by atoms with Gasteiger partial charge in [-0.05, 0) is 17.7 Å². The zero-order valence-corrected chi connectivity index (χ0v) is 10.5. The molecule has 5 nitrogen and oxygen atoms in total. The van der Waals surface area contributed by atoms with Gasteiger partial charge in [0.1, 0.15) is 5.75 Å². The predicted molar refractivity (Wildman–Crippen MR) is 61.6 cm³/mol. The summed E-state index contributed by atoms with van der Waals surface area (Å²) in [5.74, 6) is 0.608. The second kappa shape index (κ2) is 6.99. The maximum absolute atomic E-state index is 12.4. The van der Waals surface area contributed by atoms with Crippen molar-refractivity contribution in [2.24, 2.45) is 0 Å². The fraction of sp³-hybridized carbons (Fsp3) is 0.417. The molecular formula is C12H13F3O5. The number of rotatable bonds is 6. The second-order valence-electron chi connectivity index (χ2n) is 3.78. The van der Waals surface area contributed by atoms with Crippen LogP contribution >= 0.6 is 0 Å². The Balaban J connectivity index is 2.49. The third-order valence-electron chi connectivity index (χ3n) is 2.31. The normalized spacial score (nSPS) is 12.8. The van der Waals surface area contributed by atoms with Crippen molar-refractivity contribution >= 4 is 6.16 Å². The standard InChI is InChI=1S/C12H13F3O5/c1-18-9-4-2-8(3-5-9)6-19-7-10(12(13,14)15)20-11(16)17/h2-5,10H,6-7H2,1H3,(H,16,17). The highest BCUT2D eigenvalue weighted by molar-refractivity contribution is 5.57. The van der Waals surface area contributed by atoms with E-state index in [2.05, 4.69) is 4.74 Å². The van der Waals surface area contributed by atoms with Crippen LogP contribution in [0.5, 0.6) is 5.75 Å². The summed E-state index contributed by atoms with van der Waals surface area (Å²) in [4.78, 5) is 10.2. The van der Waals surface area contributed by atoms with Crippen molar-refractivity contribution < 1.29 is 37.3 Å². The number of methoxy groups -OCH3 is 1.